The van der Waals surface area contributed by atoms with Crippen molar-refractivity contribution in [3.05, 3.63) is 29.8 Å². The number of hydrogen-bond acceptors (Lipinski definition) is 5. The third-order valence-corrected chi connectivity index (χ3v) is 4.54. The third kappa shape index (κ3) is 4.56. The third-order valence-electron chi connectivity index (χ3n) is 3.63. The van der Waals surface area contributed by atoms with Gasteiger partial charge >= 0.3 is 0 Å². The molecule has 122 valence electrons. The summed E-state index contributed by atoms with van der Waals surface area (Å²) in [5.74, 6) is 0.702. The molecule has 0 aliphatic carbocycles. The molecule has 6 nitrogen and oxygen atoms in total. The quantitative estimate of drug-likeness (QED) is 0.886. The van der Waals surface area contributed by atoms with E-state index in [0.717, 1.165) is 47.3 Å². The fraction of sp³-hybridized carbons (Fsp3) is 0.438. The summed E-state index contributed by atoms with van der Waals surface area (Å²) in [5, 5.41) is 8.01. The van der Waals surface area contributed by atoms with Gasteiger partial charge in [-0.1, -0.05) is 23.9 Å². The Morgan fingerprint density at radius 3 is 2.91 bits per heavy atom. The Bertz CT molecular complexity index is 621. The topological polar surface area (TPSA) is 75.1 Å². The predicted octanol–water partition coefficient (Wildman–Crippen LogP) is 2.22. The molecule has 1 atom stereocenters. The van der Waals surface area contributed by atoms with Crippen molar-refractivity contribution in [1.29, 1.82) is 0 Å². The molecule has 1 fully saturated rings. The Kier molecular flexibility index (Phi) is 5.30. The van der Waals surface area contributed by atoms with Gasteiger partial charge in [0.05, 0.1) is 18.4 Å². The zero-order valence-corrected chi connectivity index (χ0v) is 13.9. The molecule has 2 aliphatic rings. The van der Waals surface area contributed by atoms with Crippen molar-refractivity contribution < 1.29 is 9.53 Å². The van der Waals surface area contributed by atoms with Crippen molar-refractivity contribution in [2.75, 3.05) is 24.2 Å². The van der Waals surface area contributed by atoms with Crippen LogP contribution in [0.4, 0.5) is 5.69 Å². The van der Waals surface area contributed by atoms with Gasteiger partial charge in [-0.2, -0.15) is 5.10 Å². The van der Waals surface area contributed by atoms with Gasteiger partial charge in [-0.3, -0.25) is 15.2 Å². The van der Waals surface area contributed by atoms with Gasteiger partial charge in [0.1, 0.15) is 0 Å². The second kappa shape index (κ2) is 7.61. The van der Waals surface area contributed by atoms with Crippen molar-refractivity contribution in [3.63, 3.8) is 0 Å². The van der Waals surface area contributed by atoms with Crippen molar-refractivity contribution in [2.45, 2.75) is 25.9 Å². The molecule has 1 saturated heterocycles. The minimum Gasteiger partial charge on any atom is -0.376 e. The lowest BCUT2D eigenvalue weighted by atomic mass is 10.1. The minimum atomic E-state index is -0.0722. The highest BCUT2D eigenvalue weighted by Gasteiger charge is 2.17. The van der Waals surface area contributed by atoms with Crippen LogP contribution in [0.2, 0.25) is 0 Å². The molecule has 0 radical (unpaired) electrons. The lowest BCUT2D eigenvalue weighted by Gasteiger charge is -2.16. The first kappa shape index (κ1) is 16.0. The number of amidine groups is 1. The van der Waals surface area contributed by atoms with Crippen LogP contribution in [0, 0.1) is 0 Å². The van der Waals surface area contributed by atoms with E-state index in [2.05, 4.69) is 20.8 Å². The van der Waals surface area contributed by atoms with Crippen LogP contribution in [0.1, 0.15) is 25.3 Å². The van der Waals surface area contributed by atoms with Crippen molar-refractivity contribution in [2.24, 2.45) is 10.1 Å². The zero-order valence-electron chi connectivity index (χ0n) is 13.0. The number of carbonyl (C=O) groups is 1. The molecule has 1 aromatic carbocycles. The van der Waals surface area contributed by atoms with E-state index in [-0.39, 0.29) is 12.0 Å². The second-order valence-corrected chi connectivity index (χ2v) is 6.46. The Morgan fingerprint density at radius 2 is 2.30 bits per heavy atom. The van der Waals surface area contributed by atoms with Gasteiger partial charge in [-0.15, -0.1) is 0 Å². The van der Waals surface area contributed by atoms with E-state index in [1.807, 2.05) is 24.3 Å². The SMILES string of the molecule is CC(=O)Nc1ccc(C2=NNC(=NC[C@@H]3CCCO3)SC2)cc1. The average Bonchev–Trinajstić information content (AvgIpc) is 3.07. The number of nitrogens with one attached hydrogen (secondary N) is 2. The zero-order chi connectivity index (χ0) is 16.1. The Labute approximate surface area is 139 Å². The molecule has 23 heavy (non-hydrogen) atoms. The first-order valence-electron chi connectivity index (χ1n) is 7.70. The standard InChI is InChI=1S/C16H20N4O2S/c1-11(21)18-13-6-4-12(5-7-13)15-10-23-16(20-19-15)17-9-14-3-2-8-22-14/h4-7,14H,2-3,8-10H2,1H3,(H,17,20)(H,18,21)/t14-/m0/s1. The van der Waals surface area contributed by atoms with Crippen molar-refractivity contribution in [1.82, 2.24) is 5.43 Å². The molecule has 3 rings (SSSR count). The second-order valence-electron chi connectivity index (χ2n) is 5.50. The Hall–Kier alpha value is -1.86. The maximum absolute atomic E-state index is 11.0. The number of hydrogen-bond donors (Lipinski definition) is 2. The predicted molar refractivity (Wildman–Crippen MR) is 94.2 cm³/mol. The summed E-state index contributed by atoms with van der Waals surface area (Å²) in [6, 6.07) is 7.68. The normalized spacial score (nSPS) is 22.6. The fourth-order valence-corrected chi connectivity index (χ4v) is 3.25. The van der Waals surface area contributed by atoms with Crippen LogP contribution in [0.5, 0.6) is 0 Å². The Morgan fingerprint density at radius 1 is 1.48 bits per heavy atom. The number of rotatable bonds is 4. The average molecular weight is 332 g/mol. The van der Waals surface area contributed by atoms with Crippen LogP contribution in [0.3, 0.4) is 0 Å². The lowest BCUT2D eigenvalue weighted by Crippen LogP contribution is -2.26. The van der Waals surface area contributed by atoms with Gasteiger partial charge in [0.25, 0.3) is 0 Å². The summed E-state index contributed by atoms with van der Waals surface area (Å²) in [5.41, 5.74) is 5.81. The van der Waals surface area contributed by atoms with Gasteiger partial charge in [0.2, 0.25) is 5.91 Å². The van der Waals surface area contributed by atoms with Gasteiger partial charge in [0.15, 0.2) is 5.17 Å². The van der Waals surface area contributed by atoms with Crippen LogP contribution in [-0.2, 0) is 9.53 Å². The highest BCUT2D eigenvalue weighted by atomic mass is 32.2. The summed E-state index contributed by atoms with van der Waals surface area (Å²) < 4.78 is 5.56. The number of hydrazone groups is 1. The van der Waals surface area contributed by atoms with E-state index < -0.39 is 0 Å². The smallest absolute Gasteiger partial charge is 0.221 e. The molecule has 0 bridgehead atoms. The monoisotopic (exact) mass is 332 g/mol. The van der Waals surface area contributed by atoms with Gasteiger partial charge in [0, 0.05) is 25.0 Å². The van der Waals surface area contributed by atoms with E-state index >= 15 is 0 Å². The highest BCUT2D eigenvalue weighted by Crippen LogP contribution is 2.17. The Balaban J connectivity index is 1.57. The molecule has 2 heterocycles. The molecule has 7 heteroatoms. The van der Waals surface area contributed by atoms with Crippen LogP contribution >= 0.6 is 11.8 Å². The molecule has 1 amide bonds. The number of amides is 1. The summed E-state index contributed by atoms with van der Waals surface area (Å²) in [6.45, 7) is 3.05. The van der Waals surface area contributed by atoms with Crippen LogP contribution in [0.15, 0.2) is 34.4 Å². The van der Waals surface area contributed by atoms with Crippen LogP contribution in [0.25, 0.3) is 0 Å². The van der Waals surface area contributed by atoms with Gasteiger partial charge < -0.3 is 10.1 Å². The number of thioether (sulfide) groups is 1. The maximum Gasteiger partial charge on any atom is 0.221 e. The molecule has 0 spiro atoms. The lowest BCUT2D eigenvalue weighted by molar-refractivity contribution is -0.114. The number of anilines is 1. The molecule has 2 N–H and O–H groups in total. The first-order chi connectivity index (χ1) is 11.2. The van der Waals surface area contributed by atoms with Crippen molar-refractivity contribution >= 4 is 34.2 Å². The van der Waals surface area contributed by atoms with Crippen LogP contribution < -0.4 is 10.7 Å². The summed E-state index contributed by atoms with van der Waals surface area (Å²) in [4.78, 5) is 15.6. The molecule has 1 aromatic rings. The van der Waals surface area contributed by atoms with E-state index in [4.69, 9.17) is 4.74 Å². The van der Waals surface area contributed by atoms with Gasteiger partial charge in [-0.25, -0.2) is 0 Å². The van der Waals surface area contributed by atoms with E-state index in [1.54, 1.807) is 11.8 Å². The molecule has 0 aromatic heterocycles. The number of ether oxygens (including phenoxy) is 1. The van der Waals surface area contributed by atoms with Gasteiger partial charge in [-0.05, 0) is 30.5 Å². The molecular weight excluding hydrogens is 312 g/mol. The molecule has 2 aliphatic heterocycles. The van der Waals surface area contributed by atoms with E-state index in [0.29, 0.717) is 6.54 Å². The van der Waals surface area contributed by atoms with E-state index in [9.17, 15) is 4.79 Å². The summed E-state index contributed by atoms with van der Waals surface area (Å²) >= 11 is 1.65. The number of carbonyl (C=O) groups excluding carboxylic acids is 1. The largest absolute Gasteiger partial charge is 0.376 e. The summed E-state index contributed by atoms with van der Waals surface area (Å²) in [6.07, 6.45) is 2.49. The molecule has 0 unspecified atom stereocenters. The molecular formula is C16H20N4O2S. The fourth-order valence-electron chi connectivity index (χ4n) is 2.47. The maximum atomic E-state index is 11.0. The van der Waals surface area contributed by atoms with Crippen LogP contribution in [-0.4, -0.2) is 41.8 Å². The van der Waals surface area contributed by atoms with E-state index in [1.165, 1.54) is 6.92 Å². The van der Waals surface area contributed by atoms with Crippen molar-refractivity contribution in [3.8, 4) is 0 Å². The number of aliphatic imine (C=N–C) groups is 1. The number of benzene rings is 1. The summed E-state index contributed by atoms with van der Waals surface area (Å²) in [7, 11) is 0. The number of nitrogens with zero attached hydrogens (tertiary/aromatic N) is 2. The first-order valence-corrected chi connectivity index (χ1v) is 8.69. The minimum absolute atomic E-state index is 0.0722. The molecule has 0 saturated carbocycles. The highest BCUT2D eigenvalue weighted by molar-refractivity contribution is 8.14.